The second kappa shape index (κ2) is 6.63. The monoisotopic (exact) mass is 218 g/mol. The Hall–Kier alpha value is -0.810. The molecule has 0 heterocycles. The van der Waals surface area contributed by atoms with Crippen molar-refractivity contribution in [2.24, 2.45) is 0 Å². The molecule has 0 aromatic rings. The Morgan fingerprint density at radius 3 is 2.47 bits per heavy atom. The van der Waals surface area contributed by atoms with Crippen molar-refractivity contribution in [3.05, 3.63) is 0 Å². The van der Waals surface area contributed by atoms with Crippen LogP contribution in [0.15, 0.2) is 0 Å². The molecule has 1 N–H and O–H groups in total. The Balaban J connectivity index is 3.48. The third-order valence-electron chi connectivity index (χ3n) is 1.63. The third-order valence-corrected chi connectivity index (χ3v) is 1.63. The Labute approximate surface area is 91.7 Å². The molecule has 0 aromatic carbocycles. The number of hydroxylamine groups is 2. The van der Waals surface area contributed by atoms with Crippen molar-refractivity contribution in [3.8, 4) is 0 Å². The van der Waals surface area contributed by atoms with Crippen LogP contribution in [-0.4, -0.2) is 44.0 Å². The second-order valence-corrected chi connectivity index (χ2v) is 4.32. The van der Waals surface area contributed by atoms with Crippen molar-refractivity contribution in [1.82, 2.24) is 10.4 Å². The maximum absolute atomic E-state index is 11.2. The van der Waals surface area contributed by atoms with Gasteiger partial charge >= 0.3 is 6.09 Å². The van der Waals surface area contributed by atoms with Gasteiger partial charge in [-0.25, -0.2) is 4.79 Å². The summed E-state index contributed by atoms with van der Waals surface area (Å²) in [5.41, 5.74) is -0.437. The fourth-order valence-corrected chi connectivity index (χ4v) is 0.898. The van der Waals surface area contributed by atoms with Gasteiger partial charge < -0.3 is 14.9 Å². The predicted octanol–water partition coefficient (Wildman–Crippen LogP) is 1.39. The van der Waals surface area contributed by atoms with Crippen LogP contribution in [0.4, 0.5) is 4.79 Å². The van der Waals surface area contributed by atoms with E-state index in [9.17, 15) is 4.79 Å². The van der Waals surface area contributed by atoms with Crippen LogP contribution in [0.3, 0.4) is 0 Å². The number of hydrogen-bond donors (Lipinski definition) is 1. The van der Waals surface area contributed by atoms with E-state index in [4.69, 9.17) is 9.57 Å². The van der Waals surface area contributed by atoms with Crippen molar-refractivity contribution in [1.29, 1.82) is 0 Å². The molecule has 0 rings (SSSR count). The van der Waals surface area contributed by atoms with Crippen LogP contribution in [0.2, 0.25) is 0 Å². The fourth-order valence-electron chi connectivity index (χ4n) is 0.898. The molecular formula is C10H22N2O3. The van der Waals surface area contributed by atoms with Crippen molar-refractivity contribution >= 4 is 6.09 Å². The Morgan fingerprint density at radius 1 is 1.40 bits per heavy atom. The van der Waals surface area contributed by atoms with Crippen molar-refractivity contribution in [2.45, 2.75) is 32.8 Å². The molecule has 0 radical (unpaired) electrons. The van der Waals surface area contributed by atoms with E-state index in [-0.39, 0.29) is 6.09 Å². The number of rotatable bonds is 5. The van der Waals surface area contributed by atoms with E-state index in [1.54, 1.807) is 12.2 Å². The average molecular weight is 218 g/mol. The summed E-state index contributed by atoms with van der Waals surface area (Å²) in [7, 11) is 3.45. The summed E-state index contributed by atoms with van der Waals surface area (Å²) in [4.78, 5) is 16.1. The highest BCUT2D eigenvalue weighted by atomic mass is 16.7. The zero-order chi connectivity index (χ0) is 11.9. The standard InChI is InChI=1S/C10H22N2O3/c1-10(2,3)15-9(13)11-7-6-8-12(4)14-5/h6-8H2,1-5H3,(H,11,13). The Kier molecular flexibility index (Phi) is 6.27. The van der Waals surface area contributed by atoms with E-state index in [2.05, 4.69) is 5.32 Å². The highest BCUT2D eigenvalue weighted by Gasteiger charge is 2.15. The van der Waals surface area contributed by atoms with Crippen LogP contribution in [0.1, 0.15) is 27.2 Å². The molecule has 0 aliphatic heterocycles. The van der Waals surface area contributed by atoms with E-state index >= 15 is 0 Å². The van der Waals surface area contributed by atoms with Crippen molar-refractivity contribution in [2.75, 3.05) is 27.2 Å². The lowest BCUT2D eigenvalue weighted by Gasteiger charge is -2.20. The van der Waals surface area contributed by atoms with Crippen LogP contribution >= 0.6 is 0 Å². The van der Waals surface area contributed by atoms with Gasteiger partial charge in [-0.05, 0) is 27.2 Å². The van der Waals surface area contributed by atoms with Gasteiger partial charge in [-0.3, -0.25) is 0 Å². The van der Waals surface area contributed by atoms with Crippen LogP contribution in [-0.2, 0) is 9.57 Å². The van der Waals surface area contributed by atoms with Crippen LogP contribution in [0.25, 0.3) is 0 Å². The fraction of sp³-hybridized carbons (Fsp3) is 0.900. The number of alkyl carbamates (subject to hydrolysis) is 1. The lowest BCUT2D eigenvalue weighted by molar-refractivity contribution is -0.109. The smallest absolute Gasteiger partial charge is 0.407 e. The number of amides is 1. The van der Waals surface area contributed by atoms with Gasteiger partial charge in [0.2, 0.25) is 0 Å². The molecule has 0 spiro atoms. The molecular weight excluding hydrogens is 196 g/mol. The molecule has 15 heavy (non-hydrogen) atoms. The van der Waals surface area contributed by atoms with Gasteiger partial charge in [0.1, 0.15) is 5.60 Å². The summed E-state index contributed by atoms with van der Waals surface area (Å²) in [5.74, 6) is 0. The highest BCUT2D eigenvalue weighted by molar-refractivity contribution is 5.67. The SMILES string of the molecule is CON(C)CCCNC(=O)OC(C)(C)C. The minimum Gasteiger partial charge on any atom is -0.444 e. The first-order valence-electron chi connectivity index (χ1n) is 5.07. The topological polar surface area (TPSA) is 50.8 Å². The van der Waals surface area contributed by atoms with Gasteiger partial charge in [0, 0.05) is 20.1 Å². The van der Waals surface area contributed by atoms with E-state index < -0.39 is 5.60 Å². The molecule has 0 aliphatic carbocycles. The molecule has 0 aromatic heterocycles. The number of carbonyl (C=O) groups excluding carboxylic acids is 1. The summed E-state index contributed by atoms with van der Waals surface area (Å²) in [5, 5.41) is 4.38. The van der Waals surface area contributed by atoms with Gasteiger partial charge in [0.15, 0.2) is 0 Å². The number of nitrogens with zero attached hydrogens (tertiary/aromatic N) is 1. The normalized spacial score (nSPS) is 11.6. The quantitative estimate of drug-likeness (QED) is 0.559. The number of ether oxygens (including phenoxy) is 1. The first kappa shape index (κ1) is 14.2. The molecule has 0 atom stereocenters. The van der Waals surface area contributed by atoms with Crippen molar-refractivity contribution < 1.29 is 14.4 Å². The molecule has 0 saturated carbocycles. The van der Waals surface area contributed by atoms with Crippen molar-refractivity contribution in [3.63, 3.8) is 0 Å². The largest absolute Gasteiger partial charge is 0.444 e. The molecule has 5 heteroatoms. The first-order valence-corrected chi connectivity index (χ1v) is 5.07. The number of hydrogen-bond acceptors (Lipinski definition) is 4. The summed E-state index contributed by atoms with van der Waals surface area (Å²) < 4.78 is 5.08. The Morgan fingerprint density at radius 2 is 2.00 bits per heavy atom. The van der Waals surface area contributed by atoms with Gasteiger partial charge in [-0.2, -0.15) is 5.06 Å². The van der Waals surface area contributed by atoms with Gasteiger partial charge in [-0.15, -0.1) is 0 Å². The lowest BCUT2D eigenvalue weighted by Crippen LogP contribution is -2.34. The maximum Gasteiger partial charge on any atom is 0.407 e. The van der Waals surface area contributed by atoms with Crippen LogP contribution in [0.5, 0.6) is 0 Å². The van der Waals surface area contributed by atoms with E-state index in [1.165, 1.54) is 0 Å². The zero-order valence-corrected chi connectivity index (χ0v) is 10.3. The Bertz CT molecular complexity index is 190. The predicted molar refractivity (Wildman–Crippen MR) is 58.5 cm³/mol. The number of carbonyl (C=O) groups is 1. The molecule has 0 aliphatic rings. The van der Waals surface area contributed by atoms with Crippen LogP contribution in [0, 0.1) is 0 Å². The minimum absolute atomic E-state index is 0.373. The summed E-state index contributed by atoms with van der Waals surface area (Å²) in [6, 6.07) is 0. The molecule has 1 amide bonds. The second-order valence-electron chi connectivity index (χ2n) is 4.32. The molecule has 0 bridgehead atoms. The van der Waals surface area contributed by atoms with E-state index in [0.717, 1.165) is 13.0 Å². The molecule has 5 nitrogen and oxygen atoms in total. The lowest BCUT2D eigenvalue weighted by atomic mass is 10.2. The first-order chi connectivity index (χ1) is 6.85. The maximum atomic E-state index is 11.2. The molecule has 0 saturated heterocycles. The van der Waals surface area contributed by atoms with Gasteiger partial charge in [0.05, 0.1) is 7.11 Å². The third kappa shape index (κ3) is 9.49. The molecule has 0 fully saturated rings. The molecule has 0 unspecified atom stereocenters. The van der Waals surface area contributed by atoms with E-state index in [1.807, 2.05) is 27.8 Å². The van der Waals surface area contributed by atoms with Gasteiger partial charge in [0.25, 0.3) is 0 Å². The zero-order valence-electron chi connectivity index (χ0n) is 10.3. The average Bonchev–Trinajstić information content (AvgIpc) is 2.09. The van der Waals surface area contributed by atoms with E-state index in [0.29, 0.717) is 6.54 Å². The summed E-state index contributed by atoms with van der Waals surface area (Å²) in [6.07, 6.45) is 0.450. The number of nitrogens with one attached hydrogen (secondary N) is 1. The van der Waals surface area contributed by atoms with Crippen LogP contribution < -0.4 is 5.32 Å². The minimum atomic E-state index is -0.437. The molecule has 90 valence electrons. The highest BCUT2D eigenvalue weighted by Crippen LogP contribution is 2.06. The summed E-state index contributed by atoms with van der Waals surface area (Å²) >= 11 is 0. The summed E-state index contributed by atoms with van der Waals surface area (Å²) in [6.45, 7) is 6.87. The van der Waals surface area contributed by atoms with Gasteiger partial charge in [-0.1, -0.05) is 0 Å².